The van der Waals surface area contributed by atoms with Crippen LogP contribution in [-0.2, 0) is 9.59 Å². The average molecular weight is 209 g/mol. The molecule has 2 fully saturated rings. The van der Waals surface area contributed by atoms with Crippen LogP contribution in [0.5, 0.6) is 0 Å². The fourth-order valence-electron chi connectivity index (χ4n) is 2.80. The van der Waals surface area contributed by atoms with Crippen molar-refractivity contribution in [3.8, 4) is 0 Å². The Hall–Kier alpha value is -0.860. The fraction of sp³-hybridized carbons (Fsp3) is 0.833. The smallest absolute Gasteiger partial charge is 0.232 e. The minimum atomic E-state index is -0.0579. The van der Waals surface area contributed by atoms with E-state index in [1.165, 1.54) is 0 Å². The zero-order chi connectivity index (χ0) is 11.1. The molecule has 0 aromatic rings. The Balaban J connectivity index is 2.13. The second kappa shape index (κ2) is 3.62. The van der Waals surface area contributed by atoms with Crippen LogP contribution in [0, 0.1) is 5.92 Å². The van der Waals surface area contributed by atoms with Gasteiger partial charge in [-0.2, -0.15) is 0 Å². The van der Waals surface area contributed by atoms with Gasteiger partial charge in [-0.15, -0.1) is 0 Å². The van der Waals surface area contributed by atoms with Crippen LogP contribution < -0.4 is 0 Å². The van der Waals surface area contributed by atoms with Crippen molar-refractivity contribution >= 4 is 11.8 Å². The Kier molecular flexibility index (Phi) is 2.57. The van der Waals surface area contributed by atoms with Crippen LogP contribution in [0.4, 0.5) is 0 Å². The third-order valence-electron chi connectivity index (χ3n) is 3.99. The lowest BCUT2D eigenvalue weighted by Crippen LogP contribution is -2.65. The summed E-state index contributed by atoms with van der Waals surface area (Å²) in [6, 6.07) is 0. The molecule has 2 aliphatic rings. The van der Waals surface area contributed by atoms with Gasteiger partial charge in [0.15, 0.2) is 0 Å². The molecule has 1 spiro atoms. The molecule has 15 heavy (non-hydrogen) atoms. The first-order chi connectivity index (χ1) is 7.10. The van der Waals surface area contributed by atoms with Crippen LogP contribution in [0.2, 0.25) is 0 Å². The molecule has 1 aliphatic heterocycles. The third kappa shape index (κ3) is 1.48. The lowest BCUT2D eigenvalue weighted by atomic mass is 9.81. The van der Waals surface area contributed by atoms with Gasteiger partial charge in [0.05, 0.1) is 12.0 Å². The second-order valence-corrected chi connectivity index (χ2v) is 4.98. The molecule has 3 heteroatoms. The molecule has 1 atom stereocenters. The molecule has 1 heterocycles. The molecule has 84 valence electrons. The number of amides is 2. The molecule has 1 saturated heterocycles. The molecule has 0 aromatic heterocycles. The highest BCUT2D eigenvalue weighted by Crippen LogP contribution is 2.46. The van der Waals surface area contributed by atoms with Crippen molar-refractivity contribution in [2.75, 3.05) is 0 Å². The van der Waals surface area contributed by atoms with Gasteiger partial charge in [0.2, 0.25) is 11.8 Å². The summed E-state index contributed by atoms with van der Waals surface area (Å²) >= 11 is 0. The van der Waals surface area contributed by atoms with Crippen molar-refractivity contribution < 1.29 is 9.59 Å². The number of hydrogen-bond acceptors (Lipinski definition) is 2. The molecular formula is C12H19NO2. The van der Waals surface area contributed by atoms with Crippen LogP contribution >= 0.6 is 0 Å². The summed E-state index contributed by atoms with van der Waals surface area (Å²) in [7, 11) is 0. The molecule has 0 N–H and O–H groups in total. The zero-order valence-electron chi connectivity index (χ0n) is 9.58. The first-order valence-corrected chi connectivity index (χ1v) is 5.97. The van der Waals surface area contributed by atoms with Crippen molar-refractivity contribution in [1.82, 2.24) is 4.90 Å². The first kappa shape index (κ1) is 10.7. The Morgan fingerprint density at radius 3 is 2.53 bits per heavy atom. The SMILES string of the molecule is CCC(C)C(=O)N1C(=O)CC12CCCC2. The van der Waals surface area contributed by atoms with E-state index in [9.17, 15) is 9.59 Å². The topological polar surface area (TPSA) is 37.4 Å². The van der Waals surface area contributed by atoms with Gasteiger partial charge >= 0.3 is 0 Å². The number of likely N-dealkylation sites (tertiary alicyclic amines) is 1. The average Bonchev–Trinajstić information content (AvgIpc) is 2.66. The number of nitrogens with zero attached hydrogens (tertiary/aromatic N) is 1. The predicted molar refractivity (Wildman–Crippen MR) is 57.1 cm³/mol. The molecule has 0 aromatic carbocycles. The van der Waals surface area contributed by atoms with Gasteiger partial charge in [0.25, 0.3) is 0 Å². The number of hydrogen-bond donors (Lipinski definition) is 0. The summed E-state index contributed by atoms with van der Waals surface area (Å²) in [6.45, 7) is 3.91. The lowest BCUT2D eigenvalue weighted by Gasteiger charge is -2.49. The Morgan fingerprint density at radius 1 is 1.47 bits per heavy atom. The molecule has 3 nitrogen and oxygen atoms in total. The summed E-state index contributed by atoms with van der Waals surface area (Å²) in [5.41, 5.74) is -0.0579. The van der Waals surface area contributed by atoms with Gasteiger partial charge in [-0.3, -0.25) is 14.5 Å². The molecular weight excluding hydrogens is 190 g/mol. The van der Waals surface area contributed by atoms with Gasteiger partial charge in [0, 0.05) is 5.92 Å². The van der Waals surface area contributed by atoms with Gasteiger partial charge in [-0.25, -0.2) is 0 Å². The Bertz CT molecular complexity index is 292. The predicted octanol–water partition coefficient (Wildman–Crippen LogP) is 2.10. The summed E-state index contributed by atoms with van der Waals surface area (Å²) in [5.74, 6) is 0.0876. The maximum Gasteiger partial charge on any atom is 0.232 e. The Morgan fingerprint density at radius 2 is 2.07 bits per heavy atom. The van der Waals surface area contributed by atoms with Gasteiger partial charge in [-0.05, 0) is 19.3 Å². The van der Waals surface area contributed by atoms with Crippen LogP contribution in [0.15, 0.2) is 0 Å². The van der Waals surface area contributed by atoms with Crippen molar-refractivity contribution in [2.24, 2.45) is 5.92 Å². The van der Waals surface area contributed by atoms with E-state index in [-0.39, 0.29) is 23.3 Å². The van der Waals surface area contributed by atoms with E-state index in [1.807, 2.05) is 13.8 Å². The van der Waals surface area contributed by atoms with Crippen molar-refractivity contribution in [1.29, 1.82) is 0 Å². The largest absolute Gasteiger partial charge is 0.276 e. The van der Waals surface area contributed by atoms with E-state index < -0.39 is 0 Å². The van der Waals surface area contributed by atoms with Crippen molar-refractivity contribution in [3.05, 3.63) is 0 Å². The van der Waals surface area contributed by atoms with Crippen LogP contribution in [-0.4, -0.2) is 22.3 Å². The van der Waals surface area contributed by atoms with Crippen LogP contribution in [0.25, 0.3) is 0 Å². The van der Waals surface area contributed by atoms with E-state index in [2.05, 4.69) is 0 Å². The monoisotopic (exact) mass is 209 g/mol. The highest BCUT2D eigenvalue weighted by molar-refractivity contribution is 6.02. The lowest BCUT2D eigenvalue weighted by molar-refractivity contribution is -0.169. The fourth-order valence-corrected chi connectivity index (χ4v) is 2.80. The quantitative estimate of drug-likeness (QED) is 0.653. The van der Waals surface area contributed by atoms with Gasteiger partial charge in [-0.1, -0.05) is 26.7 Å². The third-order valence-corrected chi connectivity index (χ3v) is 3.99. The number of imide groups is 1. The summed E-state index contributed by atoms with van der Waals surface area (Å²) in [5, 5.41) is 0. The van der Waals surface area contributed by atoms with E-state index >= 15 is 0 Å². The Labute approximate surface area is 90.8 Å². The van der Waals surface area contributed by atoms with E-state index in [0.717, 1.165) is 32.1 Å². The van der Waals surface area contributed by atoms with E-state index in [0.29, 0.717) is 6.42 Å². The normalized spacial score (nSPS) is 25.5. The number of rotatable bonds is 2. The first-order valence-electron chi connectivity index (χ1n) is 5.97. The van der Waals surface area contributed by atoms with Gasteiger partial charge < -0.3 is 0 Å². The van der Waals surface area contributed by atoms with E-state index in [4.69, 9.17) is 0 Å². The maximum atomic E-state index is 12.0. The van der Waals surface area contributed by atoms with Crippen LogP contribution in [0.1, 0.15) is 52.4 Å². The minimum absolute atomic E-state index is 0.00766. The molecule has 1 saturated carbocycles. The van der Waals surface area contributed by atoms with Crippen LogP contribution in [0.3, 0.4) is 0 Å². The summed E-state index contributed by atoms with van der Waals surface area (Å²) < 4.78 is 0. The number of β-lactam (4-membered cyclic amide) rings is 1. The minimum Gasteiger partial charge on any atom is -0.276 e. The van der Waals surface area contributed by atoms with Crippen molar-refractivity contribution in [2.45, 2.75) is 57.9 Å². The summed E-state index contributed by atoms with van der Waals surface area (Å²) in [6.07, 6.45) is 5.81. The van der Waals surface area contributed by atoms with Gasteiger partial charge in [0.1, 0.15) is 0 Å². The molecule has 1 unspecified atom stereocenters. The van der Waals surface area contributed by atoms with Crippen molar-refractivity contribution in [3.63, 3.8) is 0 Å². The standard InChI is InChI=1S/C12H19NO2/c1-3-9(2)11(15)13-10(14)8-12(13)6-4-5-7-12/h9H,3-8H2,1-2H3. The number of carbonyl (C=O) groups is 2. The summed E-state index contributed by atoms with van der Waals surface area (Å²) in [4.78, 5) is 25.2. The second-order valence-electron chi connectivity index (χ2n) is 4.98. The zero-order valence-corrected chi connectivity index (χ0v) is 9.58. The molecule has 2 rings (SSSR count). The number of carbonyl (C=O) groups excluding carboxylic acids is 2. The highest BCUT2D eigenvalue weighted by atomic mass is 16.2. The highest BCUT2D eigenvalue weighted by Gasteiger charge is 2.55. The molecule has 1 aliphatic carbocycles. The molecule has 0 radical (unpaired) electrons. The molecule has 0 bridgehead atoms. The maximum absolute atomic E-state index is 12.0. The molecule has 2 amide bonds. The van der Waals surface area contributed by atoms with E-state index in [1.54, 1.807) is 4.90 Å².